The van der Waals surface area contributed by atoms with Gasteiger partial charge in [-0.05, 0) is 36.5 Å². The van der Waals surface area contributed by atoms with Gasteiger partial charge < -0.3 is 0 Å². The SMILES string of the molecule is Cc1ccc2c(c1Cl)CCC2C#N. The van der Waals surface area contributed by atoms with Crippen LogP contribution in [0.15, 0.2) is 12.1 Å². The second-order valence-electron chi connectivity index (χ2n) is 3.48. The highest BCUT2D eigenvalue weighted by Crippen LogP contribution is 2.37. The van der Waals surface area contributed by atoms with Gasteiger partial charge in [-0.2, -0.15) is 5.26 Å². The molecule has 13 heavy (non-hydrogen) atoms. The van der Waals surface area contributed by atoms with Crippen LogP contribution in [0.2, 0.25) is 5.02 Å². The number of halogens is 1. The van der Waals surface area contributed by atoms with Crippen LogP contribution >= 0.6 is 11.6 Å². The minimum atomic E-state index is 0.0631. The lowest BCUT2D eigenvalue weighted by atomic mass is 10.0. The number of benzene rings is 1. The molecule has 0 fully saturated rings. The van der Waals surface area contributed by atoms with E-state index in [9.17, 15) is 0 Å². The molecular weight excluding hydrogens is 182 g/mol. The number of hydrogen-bond donors (Lipinski definition) is 0. The Labute approximate surface area is 82.9 Å². The first kappa shape index (κ1) is 8.59. The highest BCUT2D eigenvalue weighted by Gasteiger charge is 2.24. The number of hydrogen-bond acceptors (Lipinski definition) is 1. The molecule has 1 aromatic carbocycles. The van der Waals surface area contributed by atoms with E-state index in [1.54, 1.807) is 0 Å². The Hall–Kier alpha value is -1.00. The maximum Gasteiger partial charge on any atom is 0.0719 e. The summed E-state index contributed by atoms with van der Waals surface area (Å²) < 4.78 is 0. The highest BCUT2D eigenvalue weighted by atomic mass is 35.5. The van der Waals surface area contributed by atoms with Crippen LogP contribution < -0.4 is 0 Å². The molecule has 2 heteroatoms. The van der Waals surface area contributed by atoms with Crippen LogP contribution in [0.25, 0.3) is 0 Å². The normalized spacial score (nSPS) is 19.6. The molecule has 1 unspecified atom stereocenters. The van der Waals surface area contributed by atoms with Gasteiger partial charge in [0.25, 0.3) is 0 Å². The van der Waals surface area contributed by atoms with Crippen LogP contribution in [-0.2, 0) is 6.42 Å². The third-order valence-electron chi connectivity index (χ3n) is 2.69. The summed E-state index contributed by atoms with van der Waals surface area (Å²) in [5.74, 6) is 0.0631. The average Bonchev–Trinajstić information content (AvgIpc) is 2.55. The summed E-state index contributed by atoms with van der Waals surface area (Å²) in [6.45, 7) is 2.00. The monoisotopic (exact) mass is 191 g/mol. The number of rotatable bonds is 0. The van der Waals surface area contributed by atoms with Gasteiger partial charge in [0.05, 0.1) is 12.0 Å². The Morgan fingerprint density at radius 1 is 1.54 bits per heavy atom. The molecule has 0 radical (unpaired) electrons. The van der Waals surface area contributed by atoms with Crippen LogP contribution in [0.5, 0.6) is 0 Å². The van der Waals surface area contributed by atoms with Crippen LogP contribution in [-0.4, -0.2) is 0 Å². The largest absolute Gasteiger partial charge is 0.198 e. The zero-order valence-electron chi connectivity index (χ0n) is 7.47. The lowest BCUT2D eigenvalue weighted by molar-refractivity contribution is 0.826. The van der Waals surface area contributed by atoms with Crippen molar-refractivity contribution in [2.45, 2.75) is 25.7 Å². The van der Waals surface area contributed by atoms with Gasteiger partial charge in [0.15, 0.2) is 0 Å². The smallest absolute Gasteiger partial charge is 0.0719 e. The fraction of sp³-hybridized carbons (Fsp3) is 0.364. The third kappa shape index (κ3) is 1.22. The number of nitrogens with zero attached hydrogens (tertiary/aromatic N) is 1. The van der Waals surface area contributed by atoms with Crippen molar-refractivity contribution >= 4 is 11.6 Å². The Morgan fingerprint density at radius 3 is 3.00 bits per heavy atom. The van der Waals surface area contributed by atoms with Gasteiger partial charge >= 0.3 is 0 Å². The summed E-state index contributed by atoms with van der Waals surface area (Å²) in [6, 6.07) is 6.34. The predicted molar refractivity (Wildman–Crippen MR) is 52.9 cm³/mol. The van der Waals surface area contributed by atoms with Gasteiger partial charge in [-0.1, -0.05) is 23.7 Å². The fourth-order valence-electron chi connectivity index (χ4n) is 1.91. The predicted octanol–water partition coefficient (Wildman–Crippen LogP) is 3.20. The lowest BCUT2D eigenvalue weighted by Gasteiger charge is -2.05. The number of aryl methyl sites for hydroxylation is 1. The maximum atomic E-state index is 8.88. The highest BCUT2D eigenvalue weighted by molar-refractivity contribution is 6.32. The quantitative estimate of drug-likeness (QED) is 0.618. The van der Waals surface area contributed by atoms with E-state index in [2.05, 4.69) is 6.07 Å². The molecule has 0 N–H and O–H groups in total. The molecule has 0 heterocycles. The molecule has 2 rings (SSSR count). The molecule has 0 spiro atoms. The van der Waals surface area contributed by atoms with Crippen LogP contribution in [0.4, 0.5) is 0 Å². The van der Waals surface area contributed by atoms with Crippen molar-refractivity contribution in [3.8, 4) is 6.07 Å². The van der Waals surface area contributed by atoms with Crippen LogP contribution in [0, 0.1) is 18.3 Å². The zero-order chi connectivity index (χ0) is 9.42. The fourth-order valence-corrected chi connectivity index (χ4v) is 2.18. The van der Waals surface area contributed by atoms with E-state index in [4.69, 9.17) is 16.9 Å². The molecule has 1 aliphatic rings. The van der Waals surface area contributed by atoms with Gasteiger partial charge in [-0.3, -0.25) is 0 Å². The second-order valence-corrected chi connectivity index (χ2v) is 3.86. The van der Waals surface area contributed by atoms with E-state index in [1.165, 1.54) is 5.56 Å². The molecule has 1 aliphatic carbocycles. The Kier molecular flexibility index (Phi) is 2.01. The van der Waals surface area contributed by atoms with Gasteiger partial charge in [-0.15, -0.1) is 0 Å². The van der Waals surface area contributed by atoms with Crippen molar-refractivity contribution in [1.82, 2.24) is 0 Å². The van der Waals surface area contributed by atoms with E-state index in [-0.39, 0.29) is 5.92 Å². The molecule has 66 valence electrons. The van der Waals surface area contributed by atoms with Gasteiger partial charge in [-0.25, -0.2) is 0 Å². The summed E-state index contributed by atoms with van der Waals surface area (Å²) in [7, 11) is 0. The van der Waals surface area contributed by atoms with E-state index >= 15 is 0 Å². The molecule has 0 bridgehead atoms. The van der Waals surface area contributed by atoms with E-state index in [1.807, 2.05) is 19.1 Å². The molecular formula is C11H10ClN. The second kappa shape index (κ2) is 3.05. The Morgan fingerprint density at radius 2 is 2.31 bits per heavy atom. The minimum absolute atomic E-state index is 0.0631. The topological polar surface area (TPSA) is 23.8 Å². The number of fused-ring (bicyclic) bond motifs is 1. The lowest BCUT2D eigenvalue weighted by Crippen LogP contribution is -1.90. The van der Waals surface area contributed by atoms with Crippen molar-refractivity contribution in [3.05, 3.63) is 33.8 Å². The van der Waals surface area contributed by atoms with Crippen LogP contribution in [0.1, 0.15) is 29.0 Å². The molecule has 1 aromatic rings. The van der Waals surface area contributed by atoms with Crippen LogP contribution in [0.3, 0.4) is 0 Å². The number of nitriles is 1. The standard InChI is InChI=1S/C11H10ClN/c1-7-2-4-9-8(6-13)3-5-10(9)11(7)12/h2,4,8H,3,5H2,1H3. The third-order valence-corrected chi connectivity index (χ3v) is 3.21. The summed E-state index contributed by atoms with van der Waals surface area (Å²) >= 11 is 6.15. The van der Waals surface area contributed by atoms with E-state index in [0.29, 0.717) is 0 Å². The molecule has 0 aromatic heterocycles. The average molecular weight is 192 g/mol. The van der Waals surface area contributed by atoms with Gasteiger partial charge in [0.2, 0.25) is 0 Å². The summed E-state index contributed by atoms with van der Waals surface area (Å²) in [6.07, 6.45) is 1.88. The summed E-state index contributed by atoms with van der Waals surface area (Å²) in [4.78, 5) is 0. The molecule has 0 aliphatic heterocycles. The first-order valence-electron chi connectivity index (χ1n) is 4.41. The maximum absolute atomic E-state index is 8.88. The van der Waals surface area contributed by atoms with Crippen molar-refractivity contribution < 1.29 is 0 Å². The molecule has 0 saturated carbocycles. The van der Waals surface area contributed by atoms with Crippen molar-refractivity contribution in [3.63, 3.8) is 0 Å². The molecule has 0 amide bonds. The first-order valence-corrected chi connectivity index (χ1v) is 4.79. The van der Waals surface area contributed by atoms with Gasteiger partial charge in [0.1, 0.15) is 0 Å². The van der Waals surface area contributed by atoms with Gasteiger partial charge in [0, 0.05) is 5.02 Å². The molecule has 0 saturated heterocycles. The minimum Gasteiger partial charge on any atom is -0.198 e. The summed E-state index contributed by atoms with van der Waals surface area (Å²) in [5.41, 5.74) is 3.44. The Bertz CT molecular complexity index is 390. The van der Waals surface area contributed by atoms with Crippen molar-refractivity contribution in [2.24, 2.45) is 0 Å². The van der Waals surface area contributed by atoms with E-state index < -0.39 is 0 Å². The summed E-state index contributed by atoms with van der Waals surface area (Å²) in [5, 5.41) is 9.74. The van der Waals surface area contributed by atoms with Crippen molar-refractivity contribution in [1.29, 1.82) is 5.26 Å². The first-order chi connectivity index (χ1) is 6.24. The zero-order valence-corrected chi connectivity index (χ0v) is 8.23. The Balaban J connectivity index is 2.58. The van der Waals surface area contributed by atoms with Crippen molar-refractivity contribution in [2.75, 3.05) is 0 Å². The molecule has 1 nitrogen and oxygen atoms in total. The molecule has 1 atom stereocenters. The van der Waals surface area contributed by atoms with E-state index in [0.717, 1.165) is 29.0 Å².